The van der Waals surface area contributed by atoms with E-state index in [2.05, 4.69) is 0 Å². The third-order valence-corrected chi connectivity index (χ3v) is 3.40. The van der Waals surface area contributed by atoms with Gasteiger partial charge in [0.25, 0.3) is 5.91 Å². The molecule has 22 heavy (non-hydrogen) atoms. The van der Waals surface area contributed by atoms with Gasteiger partial charge in [-0.2, -0.15) is 5.26 Å². The predicted octanol–water partition coefficient (Wildman–Crippen LogP) is 3.05. The first-order chi connectivity index (χ1) is 10.3. The van der Waals surface area contributed by atoms with Crippen LogP contribution in [0.2, 0.25) is 10.0 Å². The Labute approximate surface area is 137 Å². The van der Waals surface area contributed by atoms with Crippen molar-refractivity contribution >= 4 is 35.1 Å². The summed E-state index contributed by atoms with van der Waals surface area (Å²) in [5, 5.41) is 8.18. The van der Waals surface area contributed by atoms with E-state index in [9.17, 15) is 14.0 Å². The minimum Gasteiger partial charge on any atom is -0.449 e. The average Bonchev–Trinajstić information content (AvgIpc) is 2.47. The Morgan fingerprint density at radius 1 is 1.41 bits per heavy atom. The highest BCUT2D eigenvalue weighted by Crippen LogP contribution is 2.25. The van der Waals surface area contributed by atoms with Crippen molar-refractivity contribution in [3.63, 3.8) is 0 Å². The number of benzene rings is 1. The molecule has 0 unspecified atom stereocenters. The number of esters is 1. The van der Waals surface area contributed by atoms with E-state index in [1.807, 2.05) is 6.07 Å². The van der Waals surface area contributed by atoms with Crippen LogP contribution >= 0.6 is 23.2 Å². The van der Waals surface area contributed by atoms with Crippen LogP contribution in [0.1, 0.15) is 23.7 Å². The van der Waals surface area contributed by atoms with Gasteiger partial charge in [-0.3, -0.25) is 4.79 Å². The van der Waals surface area contributed by atoms with E-state index in [0.717, 1.165) is 12.1 Å². The van der Waals surface area contributed by atoms with Gasteiger partial charge in [-0.15, -0.1) is 0 Å². The first-order valence-corrected chi connectivity index (χ1v) is 7.01. The van der Waals surface area contributed by atoms with Crippen LogP contribution in [0, 0.1) is 17.1 Å². The van der Waals surface area contributed by atoms with Gasteiger partial charge in [0.2, 0.25) is 0 Å². The zero-order valence-corrected chi connectivity index (χ0v) is 13.4. The molecular weight excluding hydrogens is 334 g/mol. The fraction of sp³-hybridized carbons (Fsp3) is 0.357. The Bertz CT molecular complexity index is 631. The van der Waals surface area contributed by atoms with E-state index < -0.39 is 23.8 Å². The molecule has 0 radical (unpaired) electrons. The Morgan fingerprint density at radius 3 is 2.64 bits per heavy atom. The second kappa shape index (κ2) is 7.97. The maximum absolute atomic E-state index is 13.4. The van der Waals surface area contributed by atoms with Crippen LogP contribution in [-0.2, 0) is 9.53 Å². The number of ether oxygens (including phenoxy) is 1. The maximum Gasteiger partial charge on any atom is 0.340 e. The van der Waals surface area contributed by atoms with Crippen molar-refractivity contribution < 1.29 is 18.7 Å². The largest absolute Gasteiger partial charge is 0.449 e. The van der Waals surface area contributed by atoms with E-state index in [1.54, 1.807) is 0 Å². The van der Waals surface area contributed by atoms with Gasteiger partial charge < -0.3 is 9.64 Å². The standard InChI is InChI=1S/C14H13Cl2FN2O3/c1-8(13(20)19(2)5-3-4-18)22-14(21)9-6-12(17)11(16)7-10(9)15/h6-8H,3,5H2,1-2H3/t8-/m1/s1. The molecule has 0 fully saturated rings. The lowest BCUT2D eigenvalue weighted by atomic mass is 10.2. The number of nitriles is 1. The lowest BCUT2D eigenvalue weighted by Crippen LogP contribution is -2.38. The third kappa shape index (κ3) is 4.58. The molecule has 0 bridgehead atoms. The predicted molar refractivity (Wildman–Crippen MR) is 79.2 cm³/mol. The molecule has 0 aromatic heterocycles. The van der Waals surface area contributed by atoms with Crippen molar-refractivity contribution in [2.45, 2.75) is 19.4 Å². The van der Waals surface area contributed by atoms with Crippen LogP contribution in [0.5, 0.6) is 0 Å². The minimum absolute atomic E-state index is 0.0751. The van der Waals surface area contributed by atoms with Crippen molar-refractivity contribution in [1.82, 2.24) is 4.90 Å². The van der Waals surface area contributed by atoms with Gasteiger partial charge >= 0.3 is 5.97 Å². The van der Waals surface area contributed by atoms with Gasteiger partial charge in [-0.05, 0) is 19.1 Å². The van der Waals surface area contributed by atoms with Crippen LogP contribution in [-0.4, -0.2) is 36.5 Å². The molecule has 0 saturated heterocycles. The van der Waals surface area contributed by atoms with E-state index in [0.29, 0.717) is 0 Å². The summed E-state index contributed by atoms with van der Waals surface area (Å²) in [4.78, 5) is 25.1. The van der Waals surface area contributed by atoms with E-state index in [-0.39, 0.29) is 28.6 Å². The van der Waals surface area contributed by atoms with Gasteiger partial charge in [0.1, 0.15) is 5.82 Å². The van der Waals surface area contributed by atoms with E-state index >= 15 is 0 Å². The van der Waals surface area contributed by atoms with Crippen molar-refractivity contribution in [2.24, 2.45) is 0 Å². The van der Waals surface area contributed by atoms with Crippen LogP contribution in [0.25, 0.3) is 0 Å². The molecule has 0 saturated carbocycles. The zero-order valence-electron chi connectivity index (χ0n) is 11.9. The number of rotatable bonds is 5. The first kappa shape index (κ1) is 18.2. The first-order valence-electron chi connectivity index (χ1n) is 6.25. The topological polar surface area (TPSA) is 70.4 Å². The summed E-state index contributed by atoms with van der Waals surface area (Å²) in [5.74, 6) is -2.23. The van der Waals surface area contributed by atoms with E-state index in [4.69, 9.17) is 33.2 Å². The summed E-state index contributed by atoms with van der Waals surface area (Å²) < 4.78 is 18.3. The Morgan fingerprint density at radius 2 is 2.05 bits per heavy atom. The molecular formula is C14H13Cl2FN2O3. The summed E-state index contributed by atoms with van der Waals surface area (Å²) in [7, 11) is 1.49. The van der Waals surface area contributed by atoms with Crippen molar-refractivity contribution in [3.05, 3.63) is 33.6 Å². The lowest BCUT2D eigenvalue weighted by molar-refractivity contribution is -0.138. The van der Waals surface area contributed by atoms with Crippen molar-refractivity contribution in [1.29, 1.82) is 5.26 Å². The molecule has 0 aliphatic carbocycles. The number of likely N-dealkylation sites (N-methyl/N-ethyl adjacent to an activating group) is 1. The van der Waals surface area contributed by atoms with Crippen LogP contribution in [0.15, 0.2) is 12.1 Å². The highest BCUT2D eigenvalue weighted by Gasteiger charge is 2.24. The molecule has 1 atom stereocenters. The molecule has 0 spiro atoms. The number of amides is 1. The average molecular weight is 347 g/mol. The van der Waals surface area contributed by atoms with Crippen LogP contribution in [0.3, 0.4) is 0 Å². The van der Waals surface area contributed by atoms with Crippen LogP contribution in [0.4, 0.5) is 4.39 Å². The van der Waals surface area contributed by atoms with Crippen LogP contribution < -0.4 is 0 Å². The molecule has 118 valence electrons. The summed E-state index contributed by atoms with van der Waals surface area (Å²) in [6.07, 6.45) is -0.928. The molecule has 0 aliphatic rings. The molecule has 8 heteroatoms. The second-order valence-corrected chi connectivity index (χ2v) is 5.28. The molecule has 0 aliphatic heterocycles. The van der Waals surface area contributed by atoms with E-state index in [1.165, 1.54) is 18.9 Å². The molecule has 1 aromatic carbocycles. The molecule has 5 nitrogen and oxygen atoms in total. The maximum atomic E-state index is 13.4. The summed E-state index contributed by atoms with van der Waals surface area (Å²) in [6, 6.07) is 3.84. The molecule has 1 aromatic rings. The number of carbonyl (C=O) groups is 2. The normalized spacial score (nSPS) is 11.5. The highest BCUT2D eigenvalue weighted by atomic mass is 35.5. The number of hydrogen-bond acceptors (Lipinski definition) is 4. The SMILES string of the molecule is C[C@@H](OC(=O)c1cc(F)c(Cl)cc1Cl)C(=O)N(C)CCC#N. The summed E-state index contributed by atoms with van der Waals surface area (Å²) in [5.41, 5.74) is -0.220. The molecule has 0 heterocycles. The summed E-state index contributed by atoms with van der Waals surface area (Å²) in [6.45, 7) is 1.59. The Kier molecular flexibility index (Phi) is 6.60. The van der Waals surface area contributed by atoms with Gasteiger partial charge in [0.05, 0.1) is 28.1 Å². The fourth-order valence-electron chi connectivity index (χ4n) is 1.59. The van der Waals surface area contributed by atoms with Crippen molar-refractivity contribution in [2.75, 3.05) is 13.6 Å². The third-order valence-electron chi connectivity index (χ3n) is 2.80. The number of carbonyl (C=O) groups excluding carboxylic acids is 2. The Balaban J connectivity index is 2.78. The number of halogens is 3. The minimum atomic E-state index is -1.09. The zero-order chi connectivity index (χ0) is 16.9. The number of nitrogens with zero attached hydrogens (tertiary/aromatic N) is 2. The molecule has 0 N–H and O–H groups in total. The molecule has 1 rings (SSSR count). The smallest absolute Gasteiger partial charge is 0.340 e. The number of hydrogen-bond donors (Lipinski definition) is 0. The summed E-state index contributed by atoms with van der Waals surface area (Å²) >= 11 is 11.3. The van der Waals surface area contributed by atoms with Gasteiger partial charge in [0, 0.05) is 13.6 Å². The highest BCUT2D eigenvalue weighted by molar-refractivity contribution is 6.36. The lowest BCUT2D eigenvalue weighted by Gasteiger charge is -2.20. The van der Waals surface area contributed by atoms with Gasteiger partial charge in [-0.1, -0.05) is 23.2 Å². The quantitative estimate of drug-likeness (QED) is 0.606. The van der Waals surface area contributed by atoms with Gasteiger partial charge in [0.15, 0.2) is 6.10 Å². The molecule has 1 amide bonds. The fourth-order valence-corrected chi connectivity index (χ4v) is 2.05. The Hall–Kier alpha value is -1.84. The monoisotopic (exact) mass is 346 g/mol. The van der Waals surface area contributed by atoms with Gasteiger partial charge in [-0.25, -0.2) is 9.18 Å². The second-order valence-electron chi connectivity index (χ2n) is 4.46. The van der Waals surface area contributed by atoms with Crippen molar-refractivity contribution in [3.8, 4) is 6.07 Å².